The van der Waals surface area contributed by atoms with Crippen LogP contribution in [0.5, 0.6) is 0 Å². The fraction of sp³-hybridized carbons (Fsp3) is 0.0455. The van der Waals surface area contributed by atoms with Gasteiger partial charge < -0.3 is 0 Å². The van der Waals surface area contributed by atoms with E-state index in [2.05, 4.69) is 4.99 Å². The number of hydrogen-bond donors (Lipinski definition) is 0. The molecule has 0 amide bonds. The van der Waals surface area contributed by atoms with Gasteiger partial charge in [-0.15, -0.1) is 0 Å². The molecule has 0 N–H and O–H groups in total. The summed E-state index contributed by atoms with van der Waals surface area (Å²) >= 11 is 5.98. The molecule has 0 saturated heterocycles. The van der Waals surface area contributed by atoms with E-state index in [1.165, 1.54) is 0 Å². The van der Waals surface area contributed by atoms with E-state index in [0.29, 0.717) is 21.7 Å². The van der Waals surface area contributed by atoms with Gasteiger partial charge in [-0.25, -0.2) is 9.67 Å². The summed E-state index contributed by atoms with van der Waals surface area (Å²) in [5.74, 6) is 0. The molecule has 0 unspecified atom stereocenters. The van der Waals surface area contributed by atoms with Crippen molar-refractivity contribution in [3.8, 4) is 5.69 Å². The smallest absolute Gasteiger partial charge is 0.283 e. The maximum atomic E-state index is 13.3. The highest BCUT2D eigenvalue weighted by molar-refractivity contribution is 6.30. The van der Waals surface area contributed by atoms with Crippen LogP contribution in [0, 0.1) is 0 Å². The Morgan fingerprint density at radius 1 is 0.931 bits per heavy atom. The van der Waals surface area contributed by atoms with Crippen LogP contribution in [-0.4, -0.2) is 18.7 Å². The van der Waals surface area contributed by atoms with Gasteiger partial charge in [0.15, 0.2) is 5.65 Å². The van der Waals surface area contributed by atoms with Gasteiger partial charge in [0, 0.05) is 18.3 Å². The zero-order valence-corrected chi connectivity index (χ0v) is 16.3. The van der Waals surface area contributed by atoms with Gasteiger partial charge in [-0.3, -0.25) is 13.9 Å². The van der Waals surface area contributed by atoms with Crippen molar-refractivity contribution >= 4 is 33.8 Å². The third-order valence-corrected chi connectivity index (χ3v) is 5.08. The summed E-state index contributed by atoms with van der Waals surface area (Å²) in [6.07, 6.45) is 1.86. The van der Waals surface area contributed by atoms with Crippen molar-refractivity contribution in [2.75, 3.05) is 0 Å². The molecule has 2 aromatic carbocycles. The van der Waals surface area contributed by atoms with Gasteiger partial charge >= 0.3 is 0 Å². The quantitative estimate of drug-likeness (QED) is 0.451. The largest absolute Gasteiger partial charge is 0.285 e. The van der Waals surface area contributed by atoms with Crippen LogP contribution < -0.4 is 11.2 Å². The lowest BCUT2D eigenvalue weighted by atomic mass is 10.3. The molecular weight excluding hydrogens is 386 g/mol. The van der Waals surface area contributed by atoms with Gasteiger partial charge in [-0.05, 0) is 48.5 Å². The molecule has 29 heavy (non-hydrogen) atoms. The van der Waals surface area contributed by atoms with E-state index < -0.39 is 0 Å². The molecule has 0 fully saturated rings. The molecule has 0 atom stereocenters. The summed E-state index contributed by atoms with van der Waals surface area (Å²) in [4.78, 5) is 22.7. The van der Waals surface area contributed by atoms with Gasteiger partial charge in [0.1, 0.15) is 5.39 Å². The molecule has 5 rings (SSSR count). The minimum Gasteiger partial charge on any atom is -0.285 e. The Kier molecular flexibility index (Phi) is 4.07. The topological polar surface area (TPSA) is 56.6 Å². The number of aromatic nitrogens is 4. The molecule has 6 nitrogen and oxygen atoms in total. The summed E-state index contributed by atoms with van der Waals surface area (Å²) < 4.78 is 5.21. The number of halogens is 1. The number of para-hydroxylation sites is 1. The number of nitrogens with zero attached hydrogens (tertiary/aromatic N) is 5. The monoisotopic (exact) mass is 401 g/mol. The van der Waals surface area contributed by atoms with E-state index in [9.17, 15) is 4.79 Å². The maximum absolute atomic E-state index is 13.3. The first-order valence-electron chi connectivity index (χ1n) is 9.08. The van der Waals surface area contributed by atoms with Crippen LogP contribution in [-0.2, 0) is 7.05 Å². The second-order valence-corrected chi connectivity index (χ2v) is 7.07. The first kappa shape index (κ1) is 17.5. The minimum absolute atomic E-state index is 0.122. The number of rotatable bonds is 2. The zero-order chi connectivity index (χ0) is 20.0. The van der Waals surface area contributed by atoms with Crippen molar-refractivity contribution < 1.29 is 0 Å². The Morgan fingerprint density at radius 2 is 1.66 bits per heavy atom. The molecule has 0 spiro atoms. The third-order valence-electron chi connectivity index (χ3n) is 4.83. The standard InChI is InChI=1S/C22H16ClN5O/c1-26-20-19(21(29)28(26)17-7-3-2-4-8-17)18-9-5-6-14-27(18)22(25-20)24-16-12-10-15(23)11-13-16/h2-14H,1H3. The fourth-order valence-corrected chi connectivity index (χ4v) is 3.61. The first-order chi connectivity index (χ1) is 14.1. The Labute approximate surface area is 170 Å². The third kappa shape index (κ3) is 2.85. The Balaban J connectivity index is 1.90. The summed E-state index contributed by atoms with van der Waals surface area (Å²) in [5, 5.41) is 1.19. The van der Waals surface area contributed by atoms with E-state index in [1.54, 1.807) is 21.5 Å². The van der Waals surface area contributed by atoms with Crippen molar-refractivity contribution in [1.82, 2.24) is 18.7 Å². The van der Waals surface area contributed by atoms with Gasteiger partial charge in [0.25, 0.3) is 5.56 Å². The van der Waals surface area contributed by atoms with Crippen molar-refractivity contribution in [2.24, 2.45) is 12.0 Å². The lowest BCUT2D eigenvalue weighted by Gasteiger charge is -2.06. The van der Waals surface area contributed by atoms with E-state index in [0.717, 1.165) is 16.9 Å². The number of pyridine rings is 1. The lowest BCUT2D eigenvalue weighted by molar-refractivity contribution is 0.658. The van der Waals surface area contributed by atoms with E-state index in [1.807, 2.05) is 78.3 Å². The van der Waals surface area contributed by atoms with Crippen molar-refractivity contribution in [1.29, 1.82) is 0 Å². The SMILES string of the molecule is Cn1c2nc(=Nc3ccc(Cl)cc3)n3ccccc3c2c(=O)n1-c1ccccc1. The van der Waals surface area contributed by atoms with Crippen LogP contribution in [0.25, 0.3) is 22.2 Å². The highest BCUT2D eigenvalue weighted by Crippen LogP contribution is 2.18. The summed E-state index contributed by atoms with van der Waals surface area (Å²) in [5.41, 5.74) is 3.19. The number of hydrogen-bond acceptors (Lipinski definition) is 3. The summed E-state index contributed by atoms with van der Waals surface area (Å²) in [6, 6.07) is 22.5. The molecule has 0 saturated carbocycles. The number of fused-ring (bicyclic) bond motifs is 3. The van der Waals surface area contributed by atoms with Gasteiger partial charge in [-0.1, -0.05) is 35.9 Å². The van der Waals surface area contributed by atoms with Crippen LogP contribution in [0.3, 0.4) is 0 Å². The predicted molar refractivity (Wildman–Crippen MR) is 114 cm³/mol. The summed E-state index contributed by atoms with van der Waals surface area (Å²) in [6.45, 7) is 0. The second-order valence-electron chi connectivity index (χ2n) is 6.63. The molecule has 0 aliphatic carbocycles. The Bertz CT molecular complexity index is 1480. The molecule has 0 radical (unpaired) electrons. The fourth-order valence-electron chi connectivity index (χ4n) is 3.49. The van der Waals surface area contributed by atoms with Crippen LogP contribution in [0.15, 0.2) is 88.8 Å². The van der Waals surface area contributed by atoms with Crippen molar-refractivity contribution in [3.63, 3.8) is 0 Å². The van der Waals surface area contributed by atoms with Crippen LogP contribution in [0.4, 0.5) is 5.69 Å². The summed E-state index contributed by atoms with van der Waals surface area (Å²) in [7, 11) is 1.83. The van der Waals surface area contributed by atoms with E-state index in [-0.39, 0.29) is 5.56 Å². The Hall–Kier alpha value is -3.64. The highest BCUT2D eigenvalue weighted by Gasteiger charge is 2.17. The predicted octanol–water partition coefficient (Wildman–Crippen LogP) is 3.86. The molecule has 142 valence electrons. The molecule has 7 heteroatoms. The Morgan fingerprint density at radius 3 is 2.41 bits per heavy atom. The second kappa shape index (κ2) is 6.76. The highest BCUT2D eigenvalue weighted by atomic mass is 35.5. The average molecular weight is 402 g/mol. The molecule has 0 bridgehead atoms. The van der Waals surface area contributed by atoms with Crippen molar-refractivity contribution in [2.45, 2.75) is 0 Å². The molecule has 0 aliphatic heterocycles. The van der Waals surface area contributed by atoms with Gasteiger partial charge in [-0.2, -0.15) is 4.98 Å². The molecular formula is C22H16ClN5O. The van der Waals surface area contributed by atoms with E-state index in [4.69, 9.17) is 16.6 Å². The van der Waals surface area contributed by atoms with Crippen LogP contribution >= 0.6 is 11.6 Å². The van der Waals surface area contributed by atoms with E-state index >= 15 is 0 Å². The molecule has 3 heterocycles. The minimum atomic E-state index is -0.122. The van der Waals surface area contributed by atoms with Crippen molar-refractivity contribution in [3.05, 3.63) is 100.0 Å². The van der Waals surface area contributed by atoms with Crippen LogP contribution in [0.2, 0.25) is 5.02 Å². The molecule has 0 aliphatic rings. The number of benzene rings is 2. The first-order valence-corrected chi connectivity index (χ1v) is 9.46. The number of aryl methyl sites for hydroxylation is 1. The normalized spacial score (nSPS) is 12.1. The molecule has 3 aromatic heterocycles. The van der Waals surface area contributed by atoms with Gasteiger partial charge in [0.2, 0.25) is 5.62 Å². The molecule has 5 aromatic rings. The lowest BCUT2D eigenvalue weighted by Crippen LogP contribution is -2.20. The zero-order valence-electron chi connectivity index (χ0n) is 15.5. The average Bonchev–Trinajstić information content (AvgIpc) is 3.00. The van der Waals surface area contributed by atoms with Gasteiger partial charge in [0.05, 0.1) is 16.9 Å². The maximum Gasteiger partial charge on any atom is 0.283 e. The van der Waals surface area contributed by atoms with Crippen LogP contribution in [0.1, 0.15) is 0 Å².